The molecule has 1 heterocycles. The fourth-order valence-electron chi connectivity index (χ4n) is 2.48. The maximum Gasteiger partial charge on any atom is 0.253 e. The van der Waals surface area contributed by atoms with Crippen molar-refractivity contribution in [3.8, 4) is 5.69 Å². The highest BCUT2D eigenvalue weighted by atomic mass is 79.9. The molecule has 0 radical (unpaired) electrons. The van der Waals surface area contributed by atoms with E-state index in [0.29, 0.717) is 17.7 Å². The monoisotopic (exact) mass is 401 g/mol. The summed E-state index contributed by atoms with van der Waals surface area (Å²) in [5, 5.41) is 23.5. The van der Waals surface area contributed by atoms with Gasteiger partial charge in [0.15, 0.2) is 0 Å². The zero-order valence-electron chi connectivity index (χ0n) is 13.2. The molecule has 0 saturated carbocycles. The molecular weight excluding hydrogens is 386 g/mol. The summed E-state index contributed by atoms with van der Waals surface area (Å²) in [5.74, 6) is -0.304. The van der Waals surface area contributed by atoms with Crippen molar-refractivity contribution in [2.45, 2.75) is 12.5 Å². The molecule has 2 aromatic carbocycles. The predicted octanol–water partition coefficient (Wildman–Crippen LogP) is 1.76. The molecule has 1 atom stereocenters. The molecule has 0 spiro atoms. The second-order valence-corrected chi connectivity index (χ2v) is 6.37. The van der Waals surface area contributed by atoms with Crippen molar-refractivity contribution in [3.05, 3.63) is 70.5 Å². The van der Waals surface area contributed by atoms with Crippen molar-refractivity contribution in [3.63, 3.8) is 0 Å². The van der Waals surface area contributed by atoms with E-state index in [9.17, 15) is 9.90 Å². The SMILES string of the molecule is O=C(N[C@@H](CO)Cc1ccccc1)c1cc(Br)ccc1-n1cnnn1. The smallest absolute Gasteiger partial charge is 0.253 e. The van der Waals surface area contributed by atoms with Gasteiger partial charge >= 0.3 is 0 Å². The Balaban J connectivity index is 1.81. The number of nitrogens with one attached hydrogen (secondary N) is 1. The Labute approximate surface area is 152 Å². The first-order valence-electron chi connectivity index (χ1n) is 7.66. The number of nitrogens with zero attached hydrogens (tertiary/aromatic N) is 4. The third-order valence-corrected chi connectivity index (χ3v) is 4.17. The third kappa shape index (κ3) is 4.28. The molecule has 128 valence electrons. The van der Waals surface area contributed by atoms with Crippen molar-refractivity contribution in [2.24, 2.45) is 0 Å². The van der Waals surface area contributed by atoms with Crippen LogP contribution in [0.5, 0.6) is 0 Å². The third-order valence-electron chi connectivity index (χ3n) is 3.68. The Morgan fingerprint density at radius 1 is 1.24 bits per heavy atom. The van der Waals surface area contributed by atoms with Crippen LogP contribution >= 0.6 is 15.9 Å². The number of rotatable bonds is 6. The number of carbonyl (C=O) groups excluding carboxylic acids is 1. The van der Waals surface area contributed by atoms with Crippen molar-refractivity contribution >= 4 is 21.8 Å². The van der Waals surface area contributed by atoms with Gasteiger partial charge < -0.3 is 10.4 Å². The molecule has 25 heavy (non-hydrogen) atoms. The normalized spacial score (nSPS) is 11.9. The van der Waals surface area contributed by atoms with Gasteiger partial charge in [0.1, 0.15) is 6.33 Å². The maximum atomic E-state index is 12.7. The van der Waals surface area contributed by atoms with Gasteiger partial charge in [-0.1, -0.05) is 46.3 Å². The van der Waals surface area contributed by atoms with E-state index in [-0.39, 0.29) is 12.5 Å². The summed E-state index contributed by atoms with van der Waals surface area (Å²) in [6.07, 6.45) is 1.96. The lowest BCUT2D eigenvalue weighted by molar-refractivity contribution is 0.0916. The van der Waals surface area contributed by atoms with E-state index in [4.69, 9.17) is 0 Å². The molecule has 0 unspecified atom stereocenters. The standard InChI is InChI=1S/C17H16BrN5O2/c18-13-6-7-16(23-11-19-21-22-23)15(9-13)17(25)20-14(10-24)8-12-4-2-1-3-5-12/h1-7,9,11,14,24H,8,10H2,(H,20,25)/t14-/m1/s1. The van der Waals surface area contributed by atoms with Gasteiger partial charge in [-0.25, -0.2) is 0 Å². The highest BCUT2D eigenvalue weighted by Crippen LogP contribution is 2.19. The lowest BCUT2D eigenvalue weighted by atomic mass is 10.1. The summed E-state index contributed by atoms with van der Waals surface area (Å²) >= 11 is 3.37. The van der Waals surface area contributed by atoms with Crippen molar-refractivity contribution in [1.82, 2.24) is 25.5 Å². The van der Waals surface area contributed by atoms with Gasteiger partial charge in [0.25, 0.3) is 5.91 Å². The van der Waals surface area contributed by atoms with Gasteiger partial charge in [-0.2, -0.15) is 4.68 Å². The molecule has 0 aliphatic carbocycles. The van der Waals surface area contributed by atoms with Crippen molar-refractivity contribution in [2.75, 3.05) is 6.61 Å². The molecule has 0 aliphatic rings. The van der Waals surface area contributed by atoms with Gasteiger partial charge in [-0.05, 0) is 40.6 Å². The molecule has 8 heteroatoms. The van der Waals surface area contributed by atoms with Crippen molar-refractivity contribution in [1.29, 1.82) is 0 Å². The van der Waals surface area contributed by atoms with E-state index in [1.165, 1.54) is 11.0 Å². The minimum atomic E-state index is -0.393. The van der Waals surface area contributed by atoms with Crippen LogP contribution in [0.3, 0.4) is 0 Å². The van der Waals surface area contributed by atoms with Gasteiger partial charge in [0.2, 0.25) is 0 Å². The molecule has 1 aromatic heterocycles. The first kappa shape index (κ1) is 17.2. The van der Waals surface area contributed by atoms with Crippen LogP contribution in [-0.2, 0) is 6.42 Å². The number of hydrogen-bond donors (Lipinski definition) is 2. The molecular formula is C17H16BrN5O2. The number of aliphatic hydroxyl groups is 1. The van der Waals surface area contributed by atoms with Crippen LogP contribution < -0.4 is 5.32 Å². The van der Waals surface area contributed by atoms with Crippen LogP contribution in [-0.4, -0.2) is 43.9 Å². The molecule has 3 rings (SSSR count). The summed E-state index contributed by atoms with van der Waals surface area (Å²) in [7, 11) is 0. The maximum absolute atomic E-state index is 12.7. The van der Waals surface area contributed by atoms with Gasteiger partial charge in [0, 0.05) is 4.47 Å². The van der Waals surface area contributed by atoms with Gasteiger partial charge in [-0.3, -0.25) is 4.79 Å². The lowest BCUT2D eigenvalue weighted by Crippen LogP contribution is -2.39. The Bertz CT molecular complexity index is 840. The molecule has 7 nitrogen and oxygen atoms in total. The average molecular weight is 402 g/mol. The van der Waals surface area contributed by atoms with Crippen LogP contribution in [0.2, 0.25) is 0 Å². The first-order valence-corrected chi connectivity index (χ1v) is 8.45. The number of amides is 1. The fraction of sp³-hybridized carbons (Fsp3) is 0.176. The van der Waals surface area contributed by atoms with Gasteiger partial charge in [0.05, 0.1) is 23.9 Å². The number of tetrazole rings is 1. The summed E-state index contributed by atoms with van der Waals surface area (Å²) in [5.41, 5.74) is 2.01. The highest BCUT2D eigenvalue weighted by Gasteiger charge is 2.18. The van der Waals surface area contributed by atoms with Crippen LogP contribution in [0, 0.1) is 0 Å². The largest absolute Gasteiger partial charge is 0.394 e. The van der Waals surface area contributed by atoms with Crippen LogP contribution in [0.1, 0.15) is 15.9 Å². The summed E-state index contributed by atoms with van der Waals surface area (Å²) in [6.45, 7) is -0.158. The topological polar surface area (TPSA) is 92.9 Å². The molecule has 0 fully saturated rings. The Hall–Kier alpha value is -2.58. The lowest BCUT2D eigenvalue weighted by Gasteiger charge is -2.18. The zero-order valence-corrected chi connectivity index (χ0v) is 14.8. The van der Waals surface area contributed by atoms with E-state index >= 15 is 0 Å². The van der Waals surface area contributed by atoms with Crippen molar-refractivity contribution < 1.29 is 9.90 Å². The molecule has 3 aromatic rings. The number of hydrogen-bond acceptors (Lipinski definition) is 5. The predicted molar refractivity (Wildman–Crippen MR) is 95.3 cm³/mol. The molecule has 2 N–H and O–H groups in total. The summed E-state index contributed by atoms with van der Waals surface area (Å²) in [6, 6.07) is 14.6. The number of aliphatic hydroxyl groups excluding tert-OH is 1. The second kappa shape index (κ2) is 8.00. The fourth-order valence-corrected chi connectivity index (χ4v) is 2.85. The van der Waals surface area contributed by atoms with E-state index in [0.717, 1.165) is 10.0 Å². The van der Waals surface area contributed by atoms with E-state index in [1.807, 2.05) is 30.3 Å². The molecule has 1 amide bonds. The Morgan fingerprint density at radius 2 is 2.04 bits per heavy atom. The number of carbonyl (C=O) groups is 1. The van der Waals surface area contributed by atoms with E-state index < -0.39 is 6.04 Å². The molecule has 0 saturated heterocycles. The highest BCUT2D eigenvalue weighted by molar-refractivity contribution is 9.10. The number of benzene rings is 2. The summed E-state index contributed by atoms with van der Waals surface area (Å²) < 4.78 is 2.19. The van der Waals surface area contributed by atoms with Crippen LogP contribution in [0.4, 0.5) is 0 Å². The zero-order chi connectivity index (χ0) is 17.6. The quantitative estimate of drug-likeness (QED) is 0.656. The number of halogens is 1. The Morgan fingerprint density at radius 3 is 2.72 bits per heavy atom. The second-order valence-electron chi connectivity index (χ2n) is 5.46. The van der Waals surface area contributed by atoms with Crippen LogP contribution in [0.15, 0.2) is 59.3 Å². The average Bonchev–Trinajstić information content (AvgIpc) is 3.16. The first-order chi connectivity index (χ1) is 12.2. The minimum Gasteiger partial charge on any atom is -0.394 e. The van der Waals surface area contributed by atoms with Gasteiger partial charge in [-0.15, -0.1) is 5.10 Å². The molecule has 0 aliphatic heterocycles. The number of aromatic nitrogens is 4. The molecule has 0 bridgehead atoms. The van der Waals surface area contributed by atoms with Crippen LogP contribution in [0.25, 0.3) is 5.69 Å². The van der Waals surface area contributed by atoms with E-state index in [2.05, 4.69) is 36.8 Å². The van der Waals surface area contributed by atoms with E-state index in [1.54, 1.807) is 18.2 Å². The summed E-state index contributed by atoms with van der Waals surface area (Å²) in [4.78, 5) is 12.7. The Kier molecular flexibility index (Phi) is 5.52. The minimum absolute atomic E-state index is 0.158.